The minimum Gasteiger partial charge on any atom is -0.684 e. The molecule has 0 saturated carbocycles. The van der Waals surface area contributed by atoms with Gasteiger partial charge in [-0.25, -0.2) is 0 Å². The largest absolute Gasteiger partial charge is 2.00 e. The van der Waals surface area contributed by atoms with Gasteiger partial charge in [0, 0.05) is 5.41 Å². The van der Waals surface area contributed by atoms with Crippen molar-refractivity contribution in [1.29, 1.82) is 0 Å². The van der Waals surface area contributed by atoms with E-state index >= 15 is 0 Å². The fraction of sp³-hybridized carbons (Fsp3) is 0.417. The molecule has 1 radical (unpaired) electrons. The van der Waals surface area contributed by atoms with Crippen LogP contribution in [-0.4, -0.2) is 6.54 Å². The Kier molecular flexibility index (Phi) is 4.70. The zero-order valence-corrected chi connectivity index (χ0v) is 10.2. The molecule has 2 heteroatoms. The molecule has 2 rings (SSSR count). The Hall–Kier alpha value is -0.461. The molecule has 2 aliphatic rings. The molecule has 1 nitrogen and oxygen atoms in total. The summed E-state index contributed by atoms with van der Waals surface area (Å²) < 4.78 is 0. The molecule has 1 aliphatic heterocycles. The van der Waals surface area contributed by atoms with Crippen LogP contribution in [0.3, 0.4) is 0 Å². The third-order valence-electron chi connectivity index (χ3n) is 2.38. The molecule has 0 saturated heterocycles. The van der Waals surface area contributed by atoms with Crippen molar-refractivity contribution >= 4 is 0 Å². The van der Waals surface area contributed by atoms with E-state index in [-0.39, 0.29) is 29.9 Å². The average Bonchev–Trinajstić information content (AvgIpc) is 2.40. The van der Waals surface area contributed by atoms with E-state index in [1.807, 2.05) is 0 Å². The van der Waals surface area contributed by atoms with Crippen molar-refractivity contribution < 1.29 is 17.1 Å². The second-order valence-corrected chi connectivity index (χ2v) is 4.03. The molecule has 0 bridgehead atoms. The number of rotatable bonds is 0. The predicted octanol–water partition coefficient (Wildman–Crippen LogP) is 3.62. The minimum atomic E-state index is 0. The molecule has 0 amide bonds. The Bertz CT molecular complexity index is 259. The number of hydrogen-bond acceptors (Lipinski definition) is 0. The summed E-state index contributed by atoms with van der Waals surface area (Å²) in [7, 11) is 0. The first-order valence-electron chi connectivity index (χ1n) is 4.46. The van der Waals surface area contributed by atoms with Crippen LogP contribution in [0.1, 0.15) is 20.3 Å². The smallest absolute Gasteiger partial charge is 0.684 e. The third-order valence-corrected chi connectivity index (χ3v) is 2.38. The predicted molar refractivity (Wildman–Crippen MR) is 58.3 cm³/mol. The van der Waals surface area contributed by atoms with Gasteiger partial charge < -0.3 is 12.7 Å². The first-order valence-corrected chi connectivity index (χ1v) is 4.46. The summed E-state index contributed by atoms with van der Waals surface area (Å²) in [5.41, 5.74) is 2.79. The van der Waals surface area contributed by atoms with E-state index in [2.05, 4.69) is 43.5 Å². The SMILES string of the molecule is CC1(C)C=CC2=C(C=C1)[N-]CC2.[CH3-].[Mn+2]. The topological polar surface area (TPSA) is 14.1 Å². The third kappa shape index (κ3) is 2.76. The van der Waals surface area contributed by atoms with Gasteiger partial charge >= 0.3 is 17.1 Å². The van der Waals surface area contributed by atoms with Crippen LogP contribution in [0.25, 0.3) is 5.32 Å². The van der Waals surface area contributed by atoms with Crippen molar-refractivity contribution in [2.24, 2.45) is 5.41 Å². The fourth-order valence-corrected chi connectivity index (χ4v) is 1.52. The maximum Gasteiger partial charge on any atom is 2.00 e. The summed E-state index contributed by atoms with van der Waals surface area (Å²) in [4.78, 5) is 0. The Morgan fingerprint density at radius 3 is 2.57 bits per heavy atom. The normalized spacial score (nSPS) is 21.6. The van der Waals surface area contributed by atoms with Crippen molar-refractivity contribution in [3.8, 4) is 0 Å². The van der Waals surface area contributed by atoms with E-state index in [0.29, 0.717) is 0 Å². The number of hydrogen-bond donors (Lipinski definition) is 0. The summed E-state index contributed by atoms with van der Waals surface area (Å²) in [6, 6.07) is 0. The molecule has 0 fully saturated rings. The summed E-state index contributed by atoms with van der Waals surface area (Å²) in [5.74, 6) is 0. The minimum absolute atomic E-state index is 0. The number of allylic oxidation sites excluding steroid dienone is 4. The monoisotopic (exact) mass is 230 g/mol. The van der Waals surface area contributed by atoms with Gasteiger partial charge in [-0.05, 0) is 6.42 Å². The molecule has 0 aromatic rings. The van der Waals surface area contributed by atoms with E-state index in [1.54, 1.807) is 0 Å². The molecule has 1 aliphatic carbocycles. The van der Waals surface area contributed by atoms with Gasteiger partial charge in [-0.15, -0.1) is 12.2 Å². The standard InChI is InChI=1S/C11H14N.CH3.Mn/c1-11(2)6-3-9-5-8-12-10(9)4-7-11;;/h3-4,6-7H,5,8H2,1-2H3;1H3;/q2*-1;+2. The molecule has 77 valence electrons. The van der Waals surface area contributed by atoms with Crippen molar-refractivity contribution in [3.63, 3.8) is 0 Å². The maximum absolute atomic E-state index is 4.42. The van der Waals surface area contributed by atoms with Gasteiger partial charge in [0.15, 0.2) is 0 Å². The van der Waals surface area contributed by atoms with E-state index in [9.17, 15) is 0 Å². The van der Waals surface area contributed by atoms with Gasteiger partial charge in [-0.3, -0.25) is 0 Å². The van der Waals surface area contributed by atoms with Crippen LogP contribution in [0.15, 0.2) is 35.6 Å². The summed E-state index contributed by atoms with van der Waals surface area (Å²) in [6.07, 6.45) is 9.98. The first kappa shape index (κ1) is 13.5. The van der Waals surface area contributed by atoms with Gasteiger partial charge in [0.1, 0.15) is 0 Å². The van der Waals surface area contributed by atoms with Gasteiger partial charge in [-0.2, -0.15) is 0 Å². The summed E-state index contributed by atoms with van der Waals surface area (Å²) in [5, 5.41) is 4.42. The van der Waals surface area contributed by atoms with Gasteiger partial charge in [0.2, 0.25) is 0 Å². The van der Waals surface area contributed by atoms with E-state index in [0.717, 1.165) is 13.0 Å². The van der Waals surface area contributed by atoms with Crippen LogP contribution in [0.2, 0.25) is 0 Å². The van der Waals surface area contributed by atoms with Crippen molar-refractivity contribution in [2.45, 2.75) is 20.3 Å². The average molecular weight is 230 g/mol. The Morgan fingerprint density at radius 1 is 1.21 bits per heavy atom. The van der Waals surface area contributed by atoms with Crippen molar-refractivity contribution in [3.05, 3.63) is 48.3 Å². The summed E-state index contributed by atoms with van der Waals surface area (Å²) in [6.45, 7) is 5.39. The summed E-state index contributed by atoms with van der Waals surface area (Å²) >= 11 is 0. The van der Waals surface area contributed by atoms with E-state index in [4.69, 9.17) is 0 Å². The van der Waals surface area contributed by atoms with Crippen LogP contribution in [0.4, 0.5) is 0 Å². The Labute approximate surface area is 97.8 Å². The van der Waals surface area contributed by atoms with E-state index < -0.39 is 0 Å². The quantitative estimate of drug-likeness (QED) is 0.445. The molecule has 0 aromatic carbocycles. The second-order valence-electron chi connectivity index (χ2n) is 4.03. The van der Waals surface area contributed by atoms with Gasteiger partial charge in [-0.1, -0.05) is 43.7 Å². The molecular formula is C12H17MnN. The molecule has 0 aromatic heterocycles. The molecule has 0 atom stereocenters. The van der Waals surface area contributed by atoms with Gasteiger partial charge in [0.05, 0.1) is 0 Å². The van der Waals surface area contributed by atoms with Crippen LogP contribution < -0.4 is 0 Å². The molecule has 0 spiro atoms. The Morgan fingerprint density at radius 2 is 1.86 bits per heavy atom. The van der Waals surface area contributed by atoms with Crippen molar-refractivity contribution in [2.75, 3.05) is 6.54 Å². The zero-order valence-electron chi connectivity index (χ0n) is 9.05. The van der Waals surface area contributed by atoms with E-state index in [1.165, 1.54) is 11.3 Å². The fourth-order valence-electron chi connectivity index (χ4n) is 1.52. The van der Waals surface area contributed by atoms with Crippen LogP contribution in [-0.2, 0) is 17.1 Å². The molecule has 0 unspecified atom stereocenters. The molecule has 0 N–H and O–H groups in total. The van der Waals surface area contributed by atoms with Gasteiger partial charge in [0.25, 0.3) is 0 Å². The van der Waals surface area contributed by atoms with Crippen molar-refractivity contribution in [1.82, 2.24) is 0 Å². The molecule has 14 heavy (non-hydrogen) atoms. The molecular weight excluding hydrogens is 213 g/mol. The van der Waals surface area contributed by atoms with Crippen LogP contribution in [0.5, 0.6) is 0 Å². The number of nitrogens with zero attached hydrogens (tertiary/aromatic N) is 1. The van der Waals surface area contributed by atoms with Crippen LogP contribution >= 0.6 is 0 Å². The zero-order chi connectivity index (χ0) is 8.60. The second kappa shape index (κ2) is 4.86. The Balaban J connectivity index is 0.000000845. The first-order chi connectivity index (χ1) is 5.67. The van der Waals surface area contributed by atoms with Crippen LogP contribution in [0, 0.1) is 12.8 Å². The molecule has 1 heterocycles. The maximum atomic E-state index is 4.42.